The summed E-state index contributed by atoms with van der Waals surface area (Å²) in [6, 6.07) is 11.6. The second-order valence-electron chi connectivity index (χ2n) is 4.56. The molecule has 0 aliphatic carbocycles. The van der Waals surface area contributed by atoms with Crippen LogP contribution in [-0.4, -0.2) is 5.78 Å². The van der Waals surface area contributed by atoms with Crippen LogP contribution in [0.1, 0.15) is 34.8 Å². The van der Waals surface area contributed by atoms with Gasteiger partial charge in [-0.15, -0.1) is 0 Å². The van der Waals surface area contributed by atoms with Gasteiger partial charge in [0.15, 0.2) is 5.78 Å². The van der Waals surface area contributed by atoms with E-state index in [1.54, 1.807) is 38.1 Å². The van der Waals surface area contributed by atoms with Gasteiger partial charge in [-0.2, -0.15) is 5.26 Å². The summed E-state index contributed by atoms with van der Waals surface area (Å²) >= 11 is 0. The molecule has 20 heavy (non-hydrogen) atoms. The summed E-state index contributed by atoms with van der Waals surface area (Å²) < 4.78 is 14.1. The van der Waals surface area contributed by atoms with Crippen molar-refractivity contribution >= 4 is 5.78 Å². The molecule has 0 amide bonds. The molecule has 0 aromatic heterocycles. The van der Waals surface area contributed by atoms with E-state index in [0.29, 0.717) is 34.2 Å². The molecule has 0 fully saturated rings. The number of rotatable bonds is 3. The number of nitriles is 1. The number of carbonyl (C=O) groups is 1. The second-order valence-corrected chi connectivity index (χ2v) is 4.56. The van der Waals surface area contributed by atoms with Crippen LogP contribution in [0.25, 0.3) is 11.1 Å². The van der Waals surface area contributed by atoms with E-state index >= 15 is 0 Å². The first-order valence-corrected chi connectivity index (χ1v) is 6.41. The van der Waals surface area contributed by atoms with Gasteiger partial charge in [-0.05, 0) is 42.3 Å². The lowest BCUT2D eigenvalue weighted by Gasteiger charge is -2.12. The van der Waals surface area contributed by atoms with Crippen molar-refractivity contribution in [1.82, 2.24) is 0 Å². The van der Waals surface area contributed by atoms with E-state index in [1.807, 2.05) is 6.07 Å². The molecule has 0 unspecified atom stereocenters. The Kier molecular flexibility index (Phi) is 3.95. The molecule has 2 aromatic carbocycles. The molecule has 0 bridgehead atoms. The van der Waals surface area contributed by atoms with Gasteiger partial charge in [-0.1, -0.05) is 19.1 Å². The van der Waals surface area contributed by atoms with Crippen molar-refractivity contribution in [2.24, 2.45) is 0 Å². The maximum absolute atomic E-state index is 14.1. The Labute approximate surface area is 117 Å². The van der Waals surface area contributed by atoms with E-state index in [-0.39, 0.29) is 11.6 Å². The zero-order valence-electron chi connectivity index (χ0n) is 11.4. The van der Waals surface area contributed by atoms with Crippen LogP contribution < -0.4 is 0 Å². The number of ketones is 1. The van der Waals surface area contributed by atoms with Crippen molar-refractivity contribution in [2.75, 3.05) is 0 Å². The van der Waals surface area contributed by atoms with Gasteiger partial charge in [-0.3, -0.25) is 4.79 Å². The zero-order chi connectivity index (χ0) is 14.7. The molecule has 2 nitrogen and oxygen atoms in total. The SMILES string of the molecule is CCC(=O)c1ccc(F)c(-c2ccc(C#N)cc2)c1C. The normalized spacial score (nSPS) is 10.1. The molecule has 2 rings (SSSR count). The second kappa shape index (κ2) is 5.66. The molecule has 0 saturated carbocycles. The van der Waals surface area contributed by atoms with E-state index in [4.69, 9.17) is 5.26 Å². The number of carbonyl (C=O) groups excluding carboxylic acids is 1. The predicted octanol–water partition coefficient (Wildman–Crippen LogP) is 4.27. The van der Waals surface area contributed by atoms with Crippen molar-refractivity contribution in [3.05, 3.63) is 58.9 Å². The van der Waals surface area contributed by atoms with E-state index in [1.165, 1.54) is 12.1 Å². The molecule has 0 radical (unpaired) electrons. The predicted molar refractivity (Wildman–Crippen MR) is 75.9 cm³/mol. The number of benzene rings is 2. The Balaban J connectivity index is 2.60. The summed E-state index contributed by atoms with van der Waals surface area (Å²) in [6.07, 6.45) is 0.388. The van der Waals surface area contributed by atoms with Gasteiger partial charge in [0.25, 0.3) is 0 Å². The summed E-state index contributed by atoms with van der Waals surface area (Å²) in [5.74, 6) is -0.364. The molecule has 0 aliphatic heterocycles. The minimum Gasteiger partial charge on any atom is -0.294 e. The van der Waals surface area contributed by atoms with Gasteiger partial charge in [0.2, 0.25) is 0 Å². The first-order chi connectivity index (χ1) is 9.58. The fraction of sp³-hybridized carbons (Fsp3) is 0.176. The molecule has 0 saturated heterocycles. The Hall–Kier alpha value is -2.47. The van der Waals surface area contributed by atoms with E-state index in [2.05, 4.69) is 0 Å². The number of Topliss-reactive ketones (excluding diaryl/α,β-unsaturated/α-hetero) is 1. The van der Waals surface area contributed by atoms with Crippen LogP contribution in [0.4, 0.5) is 4.39 Å². The van der Waals surface area contributed by atoms with Gasteiger partial charge in [0, 0.05) is 17.5 Å². The highest BCUT2D eigenvalue weighted by Crippen LogP contribution is 2.29. The minimum absolute atomic E-state index is 0.00241. The Morgan fingerprint density at radius 1 is 1.20 bits per heavy atom. The van der Waals surface area contributed by atoms with Crippen molar-refractivity contribution in [3.8, 4) is 17.2 Å². The number of nitrogens with zero attached hydrogens (tertiary/aromatic N) is 1. The fourth-order valence-electron chi connectivity index (χ4n) is 2.24. The molecule has 3 heteroatoms. The third-order valence-electron chi connectivity index (χ3n) is 3.34. The quantitative estimate of drug-likeness (QED) is 0.779. The smallest absolute Gasteiger partial charge is 0.162 e. The summed E-state index contributed by atoms with van der Waals surface area (Å²) in [7, 11) is 0. The van der Waals surface area contributed by atoms with Gasteiger partial charge >= 0.3 is 0 Å². The minimum atomic E-state index is -0.361. The van der Waals surface area contributed by atoms with Crippen LogP contribution in [0.3, 0.4) is 0 Å². The van der Waals surface area contributed by atoms with E-state index in [9.17, 15) is 9.18 Å². The highest BCUT2D eigenvalue weighted by atomic mass is 19.1. The number of halogens is 1. The topological polar surface area (TPSA) is 40.9 Å². The molecular weight excluding hydrogens is 253 g/mol. The average molecular weight is 267 g/mol. The highest BCUT2D eigenvalue weighted by Gasteiger charge is 2.15. The summed E-state index contributed by atoms with van der Waals surface area (Å²) in [5, 5.41) is 8.79. The van der Waals surface area contributed by atoms with Crippen LogP contribution in [-0.2, 0) is 0 Å². The van der Waals surface area contributed by atoms with Crippen LogP contribution in [0.5, 0.6) is 0 Å². The molecular formula is C17H14FNO. The van der Waals surface area contributed by atoms with Crippen molar-refractivity contribution in [1.29, 1.82) is 5.26 Å². The molecule has 0 heterocycles. The lowest BCUT2D eigenvalue weighted by atomic mass is 9.93. The largest absolute Gasteiger partial charge is 0.294 e. The van der Waals surface area contributed by atoms with Crippen molar-refractivity contribution in [3.63, 3.8) is 0 Å². The average Bonchev–Trinajstić information content (AvgIpc) is 2.47. The molecule has 0 aliphatic rings. The maximum Gasteiger partial charge on any atom is 0.162 e. The Bertz CT molecular complexity index is 696. The van der Waals surface area contributed by atoms with Crippen LogP contribution in [0.15, 0.2) is 36.4 Å². The van der Waals surface area contributed by atoms with Crippen molar-refractivity contribution in [2.45, 2.75) is 20.3 Å². The number of hydrogen-bond acceptors (Lipinski definition) is 2. The van der Waals surface area contributed by atoms with Gasteiger partial charge in [-0.25, -0.2) is 4.39 Å². The summed E-state index contributed by atoms with van der Waals surface area (Å²) in [5.41, 5.74) is 2.81. The summed E-state index contributed by atoms with van der Waals surface area (Å²) in [4.78, 5) is 11.9. The zero-order valence-corrected chi connectivity index (χ0v) is 11.4. The molecule has 100 valence electrons. The van der Waals surface area contributed by atoms with E-state index in [0.717, 1.165) is 0 Å². The number of hydrogen-bond donors (Lipinski definition) is 0. The van der Waals surface area contributed by atoms with Gasteiger partial charge in [0.05, 0.1) is 11.6 Å². The molecule has 0 N–H and O–H groups in total. The standard InChI is InChI=1S/C17H14FNO/c1-3-16(20)14-8-9-15(18)17(11(14)2)13-6-4-12(10-19)5-7-13/h4-9H,3H2,1-2H3. The Morgan fingerprint density at radius 2 is 1.85 bits per heavy atom. The third-order valence-corrected chi connectivity index (χ3v) is 3.34. The summed E-state index contributed by atoms with van der Waals surface area (Å²) in [6.45, 7) is 3.53. The van der Waals surface area contributed by atoms with Crippen LogP contribution in [0.2, 0.25) is 0 Å². The highest BCUT2D eigenvalue weighted by molar-refractivity contribution is 5.99. The van der Waals surface area contributed by atoms with Crippen molar-refractivity contribution < 1.29 is 9.18 Å². The lowest BCUT2D eigenvalue weighted by molar-refractivity contribution is 0.0987. The monoisotopic (exact) mass is 267 g/mol. The van der Waals surface area contributed by atoms with E-state index < -0.39 is 0 Å². The first kappa shape index (κ1) is 14.0. The van der Waals surface area contributed by atoms with Crippen LogP contribution in [0, 0.1) is 24.1 Å². The molecule has 0 atom stereocenters. The lowest BCUT2D eigenvalue weighted by Crippen LogP contribution is -2.03. The van der Waals surface area contributed by atoms with Crippen LogP contribution >= 0.6 is 0 Å². The third kappa shape index (κ3) is 2.46. The molecule has 0 spiro atoms. The first-order valence-electron chi connectivity index (χ1n) is 6.41. The Morgan fingerprint density at radius 3 is 2.40 bits per heavy atom. The maximum atomic E-state index is 14.1. The molecule has 2 aromatic rings. The van der Waals surface area contributed by atoms with Gasteiger partial charge < -0.3 is 0 Å². The van der Waals surface area contributed by atoms with Gasteiger partial charge in [0.1, 0.15) is 5.82 Å². The fourth-order valence-corrected chi connectivity index (χ4v) is 2.24.